The monoisotopic (exact) mass is 458 g/mol. The van der Waals surface area contributed by atoms with Crippen LogP contribution in [0.1, 0.15) is 43.7 Å². The first kappa shape index (κ1) is 19.7. The van der Waals surface area contributed by atoms with Gasteiger partial charge in [-0.3, -0.25) is 0 Å². The average Bonchev–Trinajstić information content (AvgIpc) is 3.28. The molecule has 31 heavy (non-hydrogen) atoms. The minimum atomic E-state index is -0.879. The van der Waals surface area contributed by atoms with Gasteiger partial charge in [0.25, 0.3) is 0 Å². The first-order chi connectivity index (χ1) is 15.0. The zero-order valence-electron chi connectivity index (χ0n) is 16.9. The Morgan fingerprint density at radius 1 is 1.16 bits per heavy atom. The fourth-order valence-electron chi connectivity index (χ4n) is 5.06. The van der Waals surface area contributed by atoms with Crippen LogP contribution >= 0.6 is 23.4 Å². The Labute approximate surface area is 188 Å². The van der Waals surface area contributed by atoms with E-state index in [9.17, 15) is 10.2 Å². The molecule has 2 fully saturated rings. The zero-order chi connectivity index (χ0) is 21.3. The van der Waals surface area contributed by atoms with Crippen molar-refractivity contribution in [3.05, 3.63) is 34.9 Å². The second-order valence-electron chi connectivity index (χ2n) is 8.72. The molecule has 1 aliphatic heterocycles. The molecule has 2 aliphatic carbocycles. The molecule has 4 unspecified atom stereocenters. The summed E-state index contributed by atoms with van der Waals surface area (Å²) in [6.45, 7) is 2.10. The van der Waals surface area contributed by atoms with Gasteiger partial charge in [0.15, 0.2) is 22.1 Å². The van der Waals surface area contributed by atoms with E-state index in [0.717, 1.165) is 17.9 Å². The summed E-state index contributed by atoms with van der Waals surface area (Å²) in [7, 11) is 0. The van der Waals surface area contributed by atoms with Gasteiger partial charge in [-0.15, -0.1) is 5.10 Å². The van der Waals surface area contributed by atoms with E-state index in [0.29, 0.717) is 34.5 Å². The molecule has 1 aromatic carbocycles. The third-order valence-electron chi connectivity index (χ3n) is 6.86. The highest BCUT2D eigenvalue weighted by molar-refractivity contribution is 7.99. The van der Waals surface area contributed by atoms with E-state index < -0.39 is 12.2 Å². The van der Waals surface area contributed by atoms with Crippen LogP contribution in [0.4, 0.5) is 5.82 Å². The van der Waals surface area contributed by atoms with Gasteiger partial charge in [-0.25, -0.2) is 14.6 Å². The minimum absolute atomic E-state index is 0.0405. The summed E-state index contributed by atoms with van der Waals surface area (Å²) in [5.41, 5.74) is 2.47. The van der Waals surface area contributed by atoms with Crippen LogP contribution in [0.15, 0.2) is 29.4 Å². The number of aliphatic hydroxyl groups is 2. The molecule has 3 N–H and O–H groups in total. The molecule has 162 valence electrons. The van der Waals surface area contributed by atoms with Gasteiger partial charge < -0.3 is 15.5 Å². The number of fused-ring (bicyclic) bond motifs is 4. The summed E-state index contributed by atoms with van der Waals surface area (Å²) >= 11 is 7.59. The molecular weight excluding hydrogens is 436 g/mol. The standard InChI is InChI=1S/C21H23ClN6O2S/c1-2-15-12-8-14(18(30)17(12)29)28-20-16(26-27-28)19(24-21(25-20)31-15)23-13-7-11(13)9-3-5-10(22)6-4-9/h3-6,11-15,17-18,29-30H,2,7-8H2,1H3,(H,23,24,25)/t11?,12?,13?,14-,15?,17+,18-/m0/s1. The number of nitrogens with one attached hydrogen (secondary N) is 1. The molecule has 2 aromatic heterocycles. The molecule has 2 saturated carbocycles. The van der Waals surface area contributed by atoms with Crippen LogP contribution in [0.5, 0.6) is 0 Å². The van der Waals surface area contributed by atoms with Gasteiger partial charge in [0.2, 0.25) is 0 Å². The SMILES string of the molecule is CCC1Sc2nc(NC3CC3c3ccc(Cl)cc3)c3nnn(c3n2)[C@H]2CC1[C@@H](O)[C@H]2O. The van der Waals surface area contributed by atoms with Gasteiger partial charge in [-0.2, -0.15) is 0 Å². The molecule has 0 spiro atoms. The van der Waals surface area contributed by atoms with Crippen LogP contribution in [-0.4, -0.2) is 58.7 Å². The molecule has 10 heteroatoms. The number of nitrogens with zero attached hydrogens (tertiary/aromatic N) is 5. The van der Waals surface area contributed by atoms with Gasteiger partial charge in [-0.05, 0) is 37.0 Å². The van der Waals surface area contributed by atoms with Crippen molar-refractivity contribution in [2.24, 2.45) is 5.92 Å². The van der Waals surface area contributed by atoms with Gasteiger partial charge >= 0.3 is 0 Å². The Bertz CT molecular complexity index is 1140. The summed E-state index contributed by atoms with van der Waals surface area (Å²) in [4.78, 5) is 9.52. The highest BCUT2D eigenvalue weighted by atomic mass is 35.5. The average molecular weight is 459 g/mol. The first-order valence-corrected chi connectivity index (χ1v) is 12.0. The number of hydrogen-bond donors (Lipinski definition) is 3. The maximum Gasteiger partial charge on any atom is 0.191 e. The molecule has 3 aromatic rings. The number of aliphatic hydroxyl groups excluding tert-OH is 2. The lowest BCUT2D eigenvalue weighted by Crippen LogP contribution is -2.33. The number of halogens is 1. The fourth-order valence-corrected chi connectivity index (χ4v) is 6.35. The van der Waals surface area contributed by atoms with Gasteiger partial charge in [0.05, 0.1) is 12.1 Å². The smallest absolute Gasteiger partial charge is 0.191 e. The molecule has 0 radical (unpaired) electrons. The zero-order valence-corrected chi connectivity index (χ0v) is 18.5. The predicted molar refractivity (Wildman–Crippen MR) is 118 cm³/mol. The van der Waals surface area contributed by atoms with E-state index in [1.54, 1.807) is 16.4 Å². The van der Waals surface area contributed by atoms with Crippen LogP contribution < -0.4 is 5.32 Å². The summed E-state index contributed by atoms with van der Waals surface area (Å²) in [5, 5.41) is 35.1. The minimum Gasteiger partial charge on any atom is -0.390 e. The van der Waals surface area contributed by atoms with E-state index in [-0.39, 0.29) is 23.3 Å². The molecule has 4 bridgehead atoms. The molecular formula is C21H23ClN6O2S. The number of rotatable bonds is 4. The van der Waals surface area contributed by atoms with Gasteiger partial charge in [-0.1, -0.05) is 47.6 Å². The lowest BCUT2D eigenvalue weighted by atomic mass is 9.99. The lowest BCUT2D eigenvalue weighted by Gasteiger charge is -2.24. The van der Waals surface area contributed by atoms with Crippen molar-refractivity contribution < 1.29 is 10.2 Å². The van der Waals surface area contributed by atoms with Gasteiger partial charge in [0.1, 0.15) is 6.10 Å². The quantitative estimate of drug-likeness (QED) is 0.512. The van der Waals surface area contributed by atoms with E-state index in [2.05, 4.69) is 34.7 Å². The maximum absolute atomic E-state index is 10.7. The molecule has 0 saturated heterocycles. The normalized spacial score (nSPS) is 33.9. The topological polar surface area (TPSA) is 109 Å². The lowest BCUT2D eigenvalue weighted by molar-refractivity contribution is 0.00429. The first-order valence-electron chi connectivity index (χ1n) is 10.7. The van der Waals surface area contributed by atoms with Crippen LogP contribution in [0.3, 0.4) is 0 Å². The van der Waals surface area contributed by atoms with E-state index in [1.807, 2.05) is 12.1 Å². The van der Waals surface area contributed by atoms with E-state index >= 15 is 0 Å². The summed E-state index contributed by atoms with van der Waals surface area (Å²) in [5.74, 6) is 1.05. The van der Waals surface area contributed by atoms with Crippen molar-refractivity contribution in [1.82, 2.24) is 25.0 Å². The molecule has 3 aliphatic rings. The van der Waals surface area contributed by atoms with E-state index in [1.165, 1.54) is 5.56 Å². The molecule has 8 nitrogen and oxygen atoms in total. The maximum atomic E-state index is 10.7. The van der Waals surface area contributed by atoms with Crippen molar-refractivity contribution in [3.63, 3.8) is 0 Å². The number of aromatic nitrogens is 5. The Kier molecular flexibility index (Phi) is 4.64. The predicted octanol–water partition coefficient (Wildman–Crippen LogP) is 3.01. The molecule has 6 rings (SSSR count). The van der Waals surface area contributed by atoms with Gasteiger partial charge in [0, 0.05) is 28.2 Å². The second-order valence-corrected chi connectivity index (χ2v) is 10.4. The number of anilines is 1. The van der Waals surface area contributed by atoms with Crippen LogP contribution in [0.25, 0.3) is 11.2 Å². The van der Waals surface area contributed by atoms with Crippen LogP contribution in [-0.2, 0) is 0 Å². The summed E-state index contributed by atoms with van der Waals surface area (Å²) in [6, 6.07) is 7.91. The van der Waals surface area contributed by atoms with Crippen molar-refractivity contribution in [2.45, 2.75) is 66.8 Å². The Balaban J connectivity index is 1.36. The Morgan fingerprint density at radius 3 is 2.74 bits per heavy atom. The highest BCUT2D eigenvalue weighted by Crippen LogP contribution is 2.47. The van der Waals surface area contributed by atoms with Crippen LogP contribution in [0.2, 0.25) is 5.02 Å². The highest BCUT2D eigenvalue weighted by Gasteiger charge is 2.48. The summed E-state index contributed by atoms with van der Waals surface area (Å²) in [6.07, 6.45) is 0.857. The molecule has 3 heterocycles. The van der Waals surface area contributed by atoms with Crippen molar-refractivity contribution in [2.75, 3.05) is 5.32 Å². The van der Waals surface area contributed by atoms with Crippen molar-refractivity contribution in [1.29, 1.82) is 0 Å². The third-order valence-corrected chi connectivity index (χ3v) is 8.49. The second kappa shape index (κ2) is 7.30. The third kappa shape index (κ3) is 3.21. The number of thioether (sulfide) groups is 1. The Morgan fingerprint density at radius 2 is 1.97 bits per heavy atom. The van der Waals surface area contributed by atoms with Crippen LogP contribution in [0, 0.1) is 5.92 Å². The number of hydrogen-bond acceptors (Lipinski definition) is 8. The van der Waals surface area contributed by atoms with Crippen molar-refractivity contribution >= 4 is 40.3 Å². The number of benzene rings is 1. The molecule has 7 atom stereocenters. The summed E-state index contributed by atoms with van der Waals surface area (Å²) < 4.78 is 1.68. The van der Waals surface area contributed by atoms with Crippen molar-refractivity contribution in [3.8, 4) is 0 Å². The Hall–Kier alpha value is -1.94. The van der Waals surface area contributed by atoms with E-state index in [4.69, 9.17) is 21.6 Å². The largest absolute Gasteiger partial charge is 0.390 e. The fraction of sp³-hybridized carbons (Fsp3) is 0.524. The molecule has 0 amide bonds.